The summed E-state index contributed by atoms with van der Waals surface area (Å²) in [6.07, 6.45) is 2.94. The average molecular weight is 547 g/mol. The van der Waals surface area contributed by atoms with Gasteiger partial charge in [-0.15, -0.1) is 0 Å². The molecule has 10 nitrogen and oxygen atoms in total. The lowest BCUT2D eigenvalue weighted by atomic mass is 10.2. The summed E-state index contributed by atoms with van der Waals surface area (Å²) >= 11 is 0. The maximum Gasteiger partial charge on any atom is 0.264 e. The zero-order chi connectivity index (χ0) is 27.5. The lowest BCUT2D eigenvalue weighted by molar-refractivity contribution is -0.123. The fourth-order valence-corrected chi connectivity index (χ4v) is 4.86. The van der Waals surface area contributed by atoms with Crippen LogP contribution in [0.1, 0.15) is 11.3 Å². The van der Waals surface area contributed by atoms with Gasteiger partial charge in [-0.3, -0.25) is 13.9 Å². The fraction of sp³-hybridized carbons (Fsp3) is 0.107. The number of nitrogens with one attached hydrogen (secondary N) is 2. The first-order valence-corrected chi connectivity index (χ1v) is 13.3. The van der Waals surface area contributed by atoms with Gasteiger partial charge in [0, 0.05) is 0 Å². The number of benzene rings is 3. The number of carbonyl (C=O) groups is 2. The van der Waals surface area contributed by atoms with Crippen molar-refractivity contribution >= 4 is 33.7 Å². The number of para-hydroxylation sites is 1. The maximum absolute atomic E-state index is 13.2. The van der Waals surface area contributed by atoms with Crippen molar-refractivity contribution in [1.29, 1.82) is 0 Å². The van der Waals surface area contributed by atoms with E-state index in [0.29, 0.717) is 22.8 Å². The van der Waals surface area contributed by atoms with Crippen LogP contribution in [0.2, 0.25) is 0 Å². The van der Waals surface area contributed by atoms with E-state index < -0.39 is 22.5 Å². The smallest absolute Gasteiger partial charge is 0.264 e. The molecule has 0 atom stereocenters. The molecule has 0 aliphatic rings. The van der Waals surface area contributed by atoms with Gasteiger partial charge in [-0.2, -0.15) is 5.10 Å². The van der Waals surface area contributed by atoms with Crippen LogP contribution in [-0.4, -0.2) is 39.6 Å². The molecule has 4 rings (SSSR count). The van der Waals surface area contributed by atoms with E-state index in [1.165, 1.54) is 24.6 Å². The quantitative estimate of drug-likeness (QED) is 0.207. The predicted octanol–water partition coefficient (Wildman–Crippen LogP) is 3.32. The van der Waals surface area contributed by atoms with Gasteiger partial charge < -0.3 is 14.5 Å². The van der Waals surface area contributed by atoms with E-state index in [1.807, 2.05) is 0 Å². The minimum atomic E-state index is -3.98. The van der Waals surface area contributed by atoms with Crippen molar-refractivity contribution in [2.75, 3.05) is 17.5 Å². The Kier molecular flexibility index (Phi) is 9.09. The second-order valence-corrected chi connectivity index (χ2v) is 10.0. The second-order valence-electron chi connectivity index (χ2n) is 8.17. The molecule has 39 heavy (non-hydrogen) atoms. The summed E-state index contributed by atoms with van der Waals surface area (Å²) in [5.74, 6) is 0.215. The SMILES string of the molecule is O=C(COc1ccc(/C=N\NC(=O)CN(c2ccccc2)S(=O)(=O)c2ccccc2)cc1)NCc1ccco1. The molecule has 0 saturated carbocycles. The van der Waals surface area contributed by atoms with Gasteiger partial charge >= 0.3 is 0 Å². The Morgan fingerprint density at radius 1 is 0.872 bits per heavy atom. The van der Waals surface area contributed by atoms with Crippen LogP contribution < -0.4 is 19.8 Å². The normalized spacial score (nSPS) is 11.2. The Hall–Kier alpha value is -4.90. The molecule has 1 aromatic heterocycles. The third-order valence-corrected chi connectivity index (χ3v) is 7.14. The summed E-state index contributed by atoms with van der Waals surface area (Å²) in [6.45, 7) is -0.348. The van der Waals surface area contributed by atoms with Crippen LogP contribution in [0.25, 0.3) is 0 Å². The zero-order valence-electron chi connectivity index (χ0n) is 20.8. The molecule has 0 saturated heterocycles. The van der Waals surface area contributed by atoms with Crippen molar-refractivity contribution in [2.24, 2.45) is 5.10 Å². The lowest BCUT2D eigenvalue weighted by Crippen LogP contribution is -2.39. The van der Waals surface area contributed by atoms with Crippen LogP contribution in [0.4, 0.5) is 5.69 Å². The third-order valence-electron chi connectivity index (χ3n) is 5.36. The Bertz CT molecular complexity index is 1490. The van der Waals surface area contributed by atoms with Gasteiger partial charge in [0.25, 0.3) is 21.8 Å². The monoisotopic (exact) mass is 546 g/mol. The molecule has 200 valence electrons. The highest BCUT2D eigenvalue weighted by Crippen LogP contribution is 2.23. The Balaban J connectivity index is 1.30. The molecule has 0 aliphatic heterocycles. The number of anilines is 1. The molecular weight excluding hydrogens is 520 g/mol. The van der Waals surface area contributed by atoms with E-state index in [0.717, 1.165) is 4.31 Å². The summed E-state index contributed by atoms with van der Waals surface area (Å²) in [4.78, 5) is 24.6. The highest BCUT2D eigenvalue weighted by molar-refractivity contribution is 7.92. The number of furan rings is 1. The molecule has 2 amide bonds. The van der Waals surface area contributed by atoms with Crippen molar-refractivity contribution in [3.8, 4) is 5.75 Å². The molecule has 2 N–H and O–H groups in total. The Labute approximate surface area is 226 Å². The van der Waals surface area contributed by atoms with Crippen molar-refractivity contribution in [3.05, 3.63) is 115 Å². The number of hydrogen-bond acceptors (Lipinski definition) is 7. The molecule has 1 heterocycles. The van der Waals surface area contributed by atoms with Crippen LogP contribution >= 0.6 is 0 Å². The standard InChI is InChI=1S/C28H26N4O6S/c33-27(20-32(23-8-3-1-4-9-23)39(35,36)26-11-5-2-6-12-26)31-30-18-22-13-15-24(16-14-22)38-21-28(34)29-19-25-10-7-17-37-25/h1-18H,19-21H2,(H,29,34)(H,31,33)/b30-18-. The fourth-order valence-electron chi connectivity index (χ4n) is 3.42. The second kappa shape index (κ2) is 13.1. The molecule has 0 fully saturated rings. The first kappa shape index (κ1) is 27.1. The highest BCUT2D eigenvalue weighted by Gasteiger charge is 2.26. The number of rotatable bonds is 12. The molecule has 0 spiro atoms. The van der Waals surface area contributed by atoms with Gasteiger partial charge in [-0.05, 0) is 66.2 Å². The number of sulfonamides is 1. The first-order chi connectivity index (χ1) is 18.9. The Morgan fingerprint density at radius 3 is 2.23 bits per heavy atom. The minimum absolute atomic E-state index is 0.0717. The van der Waals surface area contributed by atoms with E-state index in [1.54, 1.807) is 84.9 Å². The highest BCUT2D eigenvalue weighted by atomic mass is 32.2. The van der Waals surface area contributed by atoms with Gasteiger partial charge in [-0.1, -0.05) is 36.4 Å². The molecule has 0 bridgehead atoms. The van der Waals surface area contributed by atoms with Crippen molar-refractivity contribution in [3.63, 3.8) is 0 Å². The van der Waals surface area contributed by atoms with Crippen LogP contribution in [0.5, 0.6) is 5.75 Å². The number of amides is 2. The molecular formula is C28H26N4O6S. The first-order valence-electron chi connectivity index (χ1n) is 11.9. The number of hydrazone groups is 1. The maximum atomic E-state index is 13.2. The van der Waals surface area contributed by atoms with Gasteiger partial charge in [0.05, 0.1) is 29.6 Å². The van der Waals surface area contributed by atoms with Crippen molar-refractivity contribution < 1.29 is 27.2 Å². The largest absolute Gasteiger partial charge is 0.484 e. The molecule has 0 radical (unpaired) electrons. The van der Waals surface area contributed by atoms with Crippen LogP contribution in [0, 0.1) is 0 Å². The van der Waals surface area contributed by atoms with Crippen LogP contribution in [0.3, 0.4) is 0 Å². The number of nitrogens with zero attached hydrogens (tertiary/aromatic N) is 2. The van der Waals surface area contributed by atoms with Gasteiger partial charge in [0.15, 0.2) is 6.61 Å². The number of ether oxygens (including phenoxy) is 1. The summed E-state index contributed by atoms with van der Waals surface area (Å²) in [5, 5.41) is 6.62. The average Bonchev–Trinajstić information content (AvgIpc) is 3.49. The van der Waals surface area contributed by atoms with Crippen LogP contribution in [-0.2, 0) is 26.2 Å². The number of carbonyl (C=O) groups excluding carboxylic acids is 2. The molecule has 11 heteroatoms. The van der Waals surface area contributed by atoms with E-state index in [4.69, 9.17) is 9.15 Å². The summed E-state index contributed by atoms with van der Waals surface area (Å²) in [5.41, 5.74) is 3.37. The lowest BCUT2D eigenvalue weighted by Gasteiger charge is -2.23. The van der Waals surface area contributed by atoms with E-state index in [9.17, 15) is 18.0 Å². The number of hydrogen-bond donors (Lipinski definition) is 2. The van der Waals surface area contributed by atoms with Gasteiger partial charge in [0.1, 0.15) is 18.1 Å². The predicted molar refractivity (Wildman–Crippen MR) is 146 cm³/mol. The third kappa shape index (κ3) is 7.79. The molecule has 0 unspecified atom stereocenters. The zero-order valence-corrected chi connectivity index (χ0v) is 21.6. The van der Waals surface area contributed by atoms with Crippen LogP contribution in [0.15, 0.2) is 118 Å². The summed E-state index contributed by atoms with van der Waals surface area (Å²) in [7, 11) is -3.98. The summed E-state index contributed by atoms with van der Waals surface area (Å²) < 4.78 is 38.2. The molecule has 4 aromatic rings. The van der Waals surface area contributed by atoms with Gasteiger partial charge in [-0.25, -0.2) is 13.8 Å². The minimum Gasteiger partial charge on any atom is -0.484 e. The van der Waals surface area contributed by atoms with E-state index >= 15 is 0 Å². The van der Waals surface area contributed by atoms with E-state index in [2.05, 4.69) is 15.8 Å². The molecule has 0 aliphatic carbocycles. The van der Waals surface area contributed by atoms with Crippen molar-refractivity contribution in [1.82, 2.24) is 10.7 Å². The molecule has 3 aromatic carbocycles. The Morgan fingerprint density at radius 2 is 1.56 bits per heavy atom. The topological polar surface area (TPSA) is 130 Å². The van der Waals surface area contributed by atoms with Crippen molar-refractivity contribution in [2.45, 2.75) is 11.4 Å². The van der Waals surface area contributed by atoms with Gasteiger partial charge in [0.2, 0.25) is 0 Å². The summed E-state index contributed by atoms with van der Waals surface area (Å²) in [6, 6.07) is 26.5. The van der Waals surface area contributed by atoms with E-state index in [-0.39, 0.29) is 24.0 Å².